The number of benzene rings is 3. The zero-order valence-electron chi connectivity index (χ0n) is 30.2. The number of Topliss-reactive ketones (excluding diaryl/α,β-unsaturated/α-hetero) is 4. The van der Waals surface area contributed by atoms with Crippen LogP contribution in [0.5, 0.6) is 11.5 Å². The number of nitrogens with zero attached hydrogens (tertiary/aromatic N) is 2. The fraction of sp³-hybridized carbons (Fsp3) is 0.476. The van der Waals surface area contributed by atoms with E-state index in [-0.39, 0.29) is 34.0 Å². The molecular weight excluding hydrogens is 628 g/mol. The monoisotopic (exact) mass is 676 g/mol. The van der Waals surface area contributed by atoms with Crippen molar-refractivity contribution in [3.05, 3.63) is 82.9 Å². The predicted octanol–water partition coefficient (Wildman–Crippen LogP) is 6.72. The predicted molar refractivity (Wildman–Crippen MR) is 193 cm³/mol. The van der Waals surface area contributed by atoms with Gasteiger partial charge in [0.25, 0.3) is 0 Å². The van der Waals surface area contributed by atoms with E-state index in [2.05, 4.69) is 21.9 Å². The maximum absolute atomic E-state index is 14.1. The van der Waals surface area contributed by atoms with Gasteiger partial charge in [0.15, 0.2) is 0 Å². The highest BCUT2D eigenvalue weighted by molar-refractivity contribution is 6.12. The maximum Gasteiger partial charge on any atom is 0.149 e. The van der Waals surface area contributed by atoms with Gasteiger partial charge in [0.2, 0.25) is 0 Å². The van der Waals surface area contributed by atoms with Gasteiger partial charge < -0.3 is 19.3 Å². The van der Waals surface area contributed by atoms with Crippen LogP contribution in [0, 0.1) is 21.7 Å². The minimum atomic E-state index is -1.12. The molecule has 3 aromatic carbocycles. The van der Waals surface area contributed by atoms with Crippen LogP contribution in [0.1, 0.15) is 75.6 Å². The minimum Gasteiger partial charge on any atom is -0.497 e. The van der Waals surface area contributed by atoms with Crippen LogP contribution in [0.15, 0.2) is 60.7 Å². The Morgan fingerprint density at radius 1 is 0.520 bits per heavy atom. The fourth-order valence-corrected chi connectivity index (χ4v) is 8.90. The van der Waals surface area contributed by atoms with Gasteiger partial charge in [-0.2, -0.15) is 0 Å². The van der Waals surface area contributed by atoms with E-state index in [0.29, 0.717) is 64.7 Å². The summed E-state index contributed by atoms with van der Waals surface area (Å²) in [4.78, 5) is 60.8. The second-order valence-corrected chi connectivity index (χ2v) is 16.8. The summed E-state index contributed by atoms with van der Waals surface area (Å²) in [5, 5.41) is 0. The number of ketones is 4. The van der Waals surface area contributed by atoms with Crippen molar-refractivity contribution >= 4 is 34.5 Å². The molecule has 0 N–H and O–H groups in total. The summed E-state index contributed by atoms with van der Waals surface area (Å²) in [6.45, 7) is 9.58. The second-order valence-electron chi connectivity index (χ2n) is 16.8. The first kappa shape index (κ1) is 34.0. The standard InChI is InChI=1S/C42H48N2O6/c1-39(2)19-35(45)41(36(46)20-39)17-29-15-34-30(16-33(29)43(25-41)23-27-7-11-31(49-5)12-8-27)18-42(37(47)21-40(3,4)22-38(42)48)26-44(34)24-28-9-13-32(50-6)14-10-28/h7-16H,17-26H2,1-6H3. The van der Waals surface area contributed by atoms with Gasteiger partial charge in [-0.15, -0.1) is 0 Å². The molecule has 0 radical (unpaired) electrons. The molecule has 2 spiro atoms. The molecule has 8 nitrogen and oxygen atoms in total. The third kappa shape index (κ3) is 5.90. The maximum atomic E-state index is 14.1. The Morgan fingerprint density at radius 2 is 0.840 bits per heavy atom. The molecule has 0 aromatic heterocycles. The van der Waals surface area contributed by atoms with Crippen LogP contribution in [0.4, 0.5) is 11.4 Å². The third-order valence-electron chi connectivity index (χ3n) is 11.6. The fourth-order valence-electron chi connectivity index (χ4n) is 8.90. The highest BCUT2D eigenvalue weighted by Crippen LogP contribution is 2.52. The first-order chi connectivity index (χ1) is 23.7. The van der Waals surface area contributed by atoms with Gasteiger partial charge in [-0.3, -0.25) is 19.2 Å². The second kappa shape index (κ2) is 12.1. The molecule has 7 rings (SSSR count). The Kier molecular flexibility index (Phi) is 8.23. The molecule has 0 bridgehead atoms. The van der Waals surface area contributed by atoms with Gasteiger partial charge in [-0.25, -0.2) is 0 Å². The molecule has 2 fully saturated rings. The normalized spacial score (nSPS) is 21.6. The van der Waals surface area contributed by atoms with Gasteiger partial charge in [-0.1, -0.05) is 52.0 Å². The first-order valence-corrected chi connectivity index (χ1v) is 17.7. The number of anilines is 2. The Balaban J connectivity index is 1.35. The largest absolute Gasteiger partial charge is 0.497 e. The van der Waals surface area contributed by atoms with Gasteiger partial charge in [0.1, 0.15) is 45.5 Å². The van der Waals surface area contributed by atoms with E-state index < -0.39 is 10.8 Å². The zero-order valence-corrected chi connectivity index (χ0v) is 30.2. The number of fused-ring (bicyclic) bond motifs is 2. The first-order valence-electron chi connectivity index (χ1n) is 17.7. The molecule has 0 unspecified atom stereocenters. The van der Waals surface area contributed by atoms with Crippen molar-refractivity contribution < 1.29 is 28.7 Å². The van der Waals surface area contributed by atoms with Crippen LogP contribution < -0.4 is 19.3 Å². The lowest BCUT2D eigenvalue weighted by Gasteiger charge is -2.50. The number of methoxy groups -OCH3 is 2. The zero-order chi connectivity index (χ0) is 35.6. The summed E-state index contributed by atoms with van der Waals surface area (Å²) in [5.41, 5.74) is 2.87. The molecule has 2 aliphatic carbocycles. The summed E-state index contributed by atoms with van der Waals surface area (Å²) in [6, 6.07) is 20.0. The molecule has 3 aromatic rings. The summed E-state index contributed by atoms with van der Waals surface area (Å²) >= 11 is 0. The van der Waals surface area contributed by atoms with Crippen LogP contribution in [-0.2, 0) is 45.1 Å². The molecule has 2 saturated carbocycles. The topological polar surface area (TPSA) is 93.2 Å². The Labute approximate surface area is 295 Å². The van der Waals surface area contributed by atoms with Crippen molar-refractivity contribution in [3.63, 3.8) is 0 Å². The number of hydrogen-bond donors (Lipinski definition) is 0. The number of ether oxygens (including phenoxy) is 2. The average molecular weight is 677 g/mol. The SMILES string of the molecule is COc1ccc(CN2CC3(Cc4cc5c(cc42)CC2(CN5Cc4ccc(OC)cc4)C(=O)CC(C)(C)CC2=O)C(=O)CC(C)(C)CC3=O)cc1. The number of carbonyl (C=O) groups is 4. The number of hydrogen-bond acceptors (Lipinski definition) is 8. The highest BCUT2D eigenvalue weighted by Gasteiger charge is 2.57. The molecule has 2 heterocycles. The molecule has 0 saturated heterocycles. The summed E-state index contributed by atoms with van der Waals surface area (Å²) in [5.74, 6) is 1.55. The number of carbonyl (C=O) groups excluding carboxylic acids is 4. The lowest BCUT2D eigenvalue weighted by Crippen LogP contribution is -2.58. The minimum absolute atomic E-state index is 0.0110. The molecule has 2 aliphatic heterocycles. The van der Waals surface area contributed by atoms with E-state index in [4.69, 9.17) is 9.47 Å². The highest BCUT2D eigenvalue weighted by atomic mass is 16.5. The summed E-state index contributed by atoms with van der Waals surface area (Å²) in [6.07, 6.45) is 2.14. The Hall–Kier alpha value is -4.46. The van der Waals surface area contributed by atoms with Crippen molar-refractivity contribution in [1.82, 2.24) is 0 Å². The molecule has 0 atom stereocenters. The van der Waals surface area contributed by atoms with Crippen molar-refractivity contribution in [1.29, 1.82) is 0 Å². The molecule has 50 heavy (non-hydrogen) atoms. The lowest BCUT2D eigenvalue weighted by molar-refractivity contribution is -0.149. The van der Waals surface area contributed by atoms with E-state index >= 15 is 0 Å². The molecule has 8 heteroatoms. The molecule has 262 valence electrons. The molecular formula is C42H48N2O6. The van der Waals surface area contributed by atoms with Gasteiger partial charge >= 0.3 is 0 Å². The smallest absolute Gasteiger partial charge is 0.149 e. The van der Waals surface area contributed by atoms with Crippen molar-refractivity contribution in [2.24, 2.45) is 21.7 Å². The Bertz CT molecular complexity index is 1700. The number of rotatable bonds is 6. The van der Waals surface area contributed by atoms with Crippen LogP contribution in [0.3, 0.4) is 0 Å². The van der Waals surface area contributed by atoms with Crippen LogP contribution in [0.2, 0.25) is 0 Å². The van der Waals surface area contributed by atoms with Crippen molar-refractivity contribution in [3.8, 4) is 11.5 Å². The van der Waals surface area contributed by atoms with E-state index in [1.165, 1.54) is 0 Å². The van der Waals surface area contributed by atoms with Crippen LogP contribution in [-0.4, -0.2) is 50.4 Å². The molecule has 0 amide bonds. The summed E-state index contributed by atoms with van der Waals surface area (Å²) in [7, 11) is 3.27. The van der Waals surface area contributed by atoms with Gasteiger partial charge in [0.05, 0.1) is 14.2 Å². The third-order valence-corrected chi connectivity index (χ3v) is 11.6. The van der Waals surface area contributed by atoms with Gasteiger partial charge in [-0.05, 0) is 82.3 Å². The van der Waals surface area contributed by atoms with Gasteiger partial charge in [0, 0.05) is 63.2 Å². The van der Waals surface area contributed by atoms with Crippen molar-refractivity contribution in [2.45, 2.75) is 79.3 Å². The van der Waals surface area contributed by atoms with E-state index in [9.17, 15) is 19.2 Å². The lowest BCUT2D eigenvalue weighted by atomic mass is 9.59. The van der Waals surface area contributed by atoms with E-state index in [1.807, 2.05) is 76.2 Å². The quantitative estimate of drug-likeness (QED) is 0.266. The molecule has 4 aliphatic rings. The summed E-state index contributed by atoms with van der Waals surface area (Å²) < 4.78 is 10.8. The van der Waals surface area contributed by atoms with Crippen LogP contribution in [0.25, 0.3) is 0 Å². The van der Waals surface area contributed by atoms with Crippen LogP contribution >= 0.6 is 0 Å². The Morgan fingerprint density at radius 3 is 1.14 bits per heavy atom. The van der Waals surface area contributed by atoms with E-state index in [0.717, 1.165) is 45.1 Å². The van der Waals surface area contributed by atoms with Crippen molar-refractivity contribution in [2.75, 3.05) is 37.1 Å². The van der Waals surface area contributed by atoms with E-state index in [1.54, 1.807) is 14.2 Å². The average Bonchev–Trinajstić information content (AvgIpc) is 3.06.